The number of piperidine rings is 1. The van der Waals surface area contributed by atoms with E-state index in [1.165, 1.54) is 11.9 Å². The number of hydrogen-bond acceptors (Lipinski definition) is 6. The molecule has 0 radical (unpaired) electrons. The van der Waals surface area contributed by atoms with Crippen LogP contribution in [0, 0.1) is 5.92 Å². The molecule has 1 amide bonds. The molecule has 1 fully saturated rings. The van der Waals surface area contributed by atoms with E-state index in [0.717, 1.165) is 42.9 Å². The van der Waals surface area contributed by atoms with Gasteiger partial charge in [0.05, 0.1) is 19.4 Å². The largest absolute Gasteiger partial charge is 0.497 e. The average molecular weight is 380 g/mol. The lowest BCUT2D eigenvalue weighted by molar-refractivity contribution is -0.125. The van der Waals surface area contributed by atoms with E-state index in [1.54, 1.807) is 13.4 Å². The van der Waals surface area contributed by atoms with Gasteiger partial charge in [0, 0.05) is 19.6 Å². The van der Waals surface area contributed by atoms with Gasteiger partial charge in [-0.2, -0.15) is 0 Å². The quantitative estimate of drug-likeness (QED) is 0.678. The van der Waals surface area contributed by atoms with Crippen LogP contribution in [0.15, 0.2) is 36.9 Å². The predicted octanol–water partition coefficient (Wildman–Crippen LogP) is 1.94. The molecule has 0 aliphatic carbocycles. The Morgan fingerprint density at radius 2 is 2.14 bits per heavy atom. The molecule has 0 saturated carbocycles. The van der Waals surface area contributed by atoms with E-state index in [2.05, 4.69) is 30.2 Å². The molecule has 1 aliphatic heterocycles. The Balaban J connectivity index is 1.33. The summed E-state index contributed by atoms with van der Waals surface area (Å²) in [5.41, 5.74) is 2.65. The second kappa shape index (κ2) is 8.24. The number of carbonyl (C=O) groups is 1. The number of nitrogens with one attached hydrogen (secondary N) is 2. The summed E-state index contributed by atoms with van der Waals surface area (Å²) in [7, 11) is 1.65. The second-order valence-electron chi connectivity index (χ2n) is 6.97. The second-order valence-corrected chi connectivity index (χ2v) is 6.97. The minimum atomic E-state index is -0.0439. The van der Waals surface area contributed by atoms with Gasteiger partial charge >= 0.3 is 0 Å². The van der Waals surface area contributed by atoms with Gasteiger partial charge in [-0.3, -0.25) is 4.79 Å². The molecule has 1 aliphatic rings. The number of imidazole rings is 1. The molecular formula is C20H24N6O2. The monoisotopic (exact) mass is 380 g/mol. The fourth-order valence-electron chi connectivity index (χ4n) is 3.64. The van der Waals surface area contributed by atoms with Crippen LogP contribution in [0.4, 0.5) is 5.82 Å². The van der Waals surface area contributed by atoms with Crippen LogP contribution in [0.5, 0.6) is 5.75 Å². The number of H-pyrrole nitrogens is 1. The van der Waals surface area contributed by atoms with Crippen LogP contribution in [-0.2, 0) is 11.2 Å². The number of anilines is 1. The molecule has 8 heteroatoms. The molecule has 1 aromatic carbocycles. The van der Waals surface area contributed by atoms with Gasteiger partial charge in [-0.15, -0.1) is 0 Å². The first-order chi connectivity index (χ1) is 13.7. The number of benzene rings is 1. The van der Waals surface area contributed by atoms with E-state index < -0.39 is 0 Å². The molecule has 4 rings (SSSR count). The molecule has 2 aromatic heterocycles. The number of ether oxygens (including phenoxy) is 1. The maximum Gasteiger partial charge on any atom is 0.224 e. The van der Waals surface area contributed by atoms with E-state index >= 15 is 0 Å². The number of aromatic nitrogens is 4. The summed E-state index contributed by atoms with van der Waals surface area (Å²) in [6.07, 6.45) is 5.79. The highest BCUT2D eigenvalue weighted by Gasteiger charge is 2.27. The third-order valence-electron chi connectivity index (χ3n) is 5.17. The fourth-order valence-corrected chi connectivity index (χ4v) is 3.64. The highest BCUT2D eigenvalue weighted by atomic mass is 16.5. The maximum atomic E-state index is 12.7. The van der Waals surface area contributed by atoms with Crippen molar-refractivity contribution in [2.24, 2.45) is 5.92 Å². The summed E-state index contributed by atoms with van der Waals surface area (Å²) in [6.45, 7) is 2.15. The zero-order chi connectivity index (χ0) is 19.3. The topological polar surface area (TPSA) is 96.0 Å². The highest BCUT2D eigenvalue weighted by Crippen LogP contribution is 2.25. The number of hydrogen-bond donors (Lipinski definition) is 2. The number of nitrogens with zero attached hydrogens (tertiary/aromatic N) is 4. The molecule has 1 atom stereocenters. The first-order valence-electron chi connectivity index (χ1n) is 9.54. The Bertz CT molecular complexity index is 939. The van der Waals surface area contributed by atoms with Crippen LogP contribution in [-0.4, -0.2) is 52.6 Å². The SMILES string of the molecule is COc1ccc(CCNC(=O)[C@H]2CCCN(c3ncnc4nc[nH]c34)C2)cc1. The van der Waals surface area contributed by atoms with E-state index in [9.17, 15) is 4.79 Å². The predicted molar refractivity (Wildman–Crippen MR) is 106 cm³/mol. The van der Waals surface area contributed by atoms with Crippen molar-refractivity contribution in [3.63, 3.8) is 0 Å². The van der Waals surface area contributed by atoms with Crippen LogP contribution in [0.2, 0.25) is 0 Å². The number of amides is 1. The van der Waals surface area contributed by atoms with Gasteiger partial charge in [0.15, 0.2) is 11.5 Å². The summed E-state index contributed by atoms with van der Waals surface area (Å²) >= 11 is 0. The minimum Gasteiger partial charge on any atom is -0.497 e. The molecule has 3 heterocycles. The summed E-state index contributed by atoms with van der Waals surface area (Å²) in [5.74, 6) is 1.72. The standard InChI is InChI=1S/C20H24N6O2/c1-28-16-6-4-14(5-7-16)8-9-21-20(27)15-3-2-10-26(11-15)19-17-18(23-12-22-17)24-13-25-19/h4-7,12-13,15H,2-3,8-11H2,1H3,(H,21,27)(H,22,23,24,25)/t15-/m0/s1. The summed E-state index contributed by atoms with van der Waals surface area (Å²) in [6, 6.07) is 7.93. The first kappa shape index (κ1) is 18.2. The van der Waals surface area contributed by atoms with Gasteiger partial charge in [0.25, 0.3) is 0 Å². The lowest BCUT2D eigenvalue weighted by Gasteiger charge is -2.32. The number of methoxy groups -OCH3 is 1. The van der Waals surface area contributed by atoms with Crippen molar-refractivity contribution in [2.45, 2.75) is 19.3 Å². The molecule has 1 saturated heterocycles. The van der Waals surface area contributed by atoms with Crippen LogP contribution < -0.4 is 15.0 Å². The van der Waals surface area contributed by atoms with Gasteiger partial charge in [0.2, 0.25) is 5.91 Å². The summed E-state index contributed by atoms with van der Waals surface area (Å²) in [4.78, 5) is 30.7. The van der Waals surface area contributed by atoms with Crippen molar-refractivity contribution in [2.75, 3.05) is 31.6 Å². The van der Waals surface area contributed by atoms with E-state index in [4.69, 9.17) is 4.74 Å². The highest BCUT2D eigenvalue weighted by molar-refractivity contribution is 5.84. The summed E-state index contributed by atoms with van der Waals surface area (Å²) in [5, 5.41) is 3.08. The maximum absolute atomic E-state index is 12.7. The first-order valence-corrected chi connectivity index (χ1v) is 9.54. The molecule has 3 aromatic rings. The van der Waals surface area contributed by atoms with Gasteiger partial charge in [-0.25, -0.2) is 15.0 Å². The zero-order valence-electron chi connectivity index (χ0n) is 15.9. The van der Waals surface area contributed by atoms with E-state index in [-0.39, 0.29) is 11.8 Å². The van der Waals surface area contributed by atoms with Crippen molar-refractivity contribution in [3.05, 3.63) is 42.5 Å². The zero-order valence-corrected chi connectivity index (χ0v) is 15.9. The minimum absolute atomic E-state index is 0.0439. The van der Waals surface area contributed by atoms with Crippen LogP contribution in [0.3, 0.4) is 0 Å². The van der Waals surface area contributed by atoms with Gasteiger partial charge in [-0.05, 0) is 37.0 Å². The third-order valence-corrected chi connectivity index (χ3v) is 5.17. The Kier molecular flexibility index (Phi) is 5.36. The van der Waals surface area contributed by atoms with Gasteiger partial charge in [0.1, 0.15) is 17.6 Å². The van der Waals surface area contributed by atoms with Crippen LogP contribution in [0.25, 0.3) is 11.2 Å². The molecule has 0 unspecified atom stereocenters. The van der Waals surface area contributed by atoms with Crippen molar-refractivity contribution in [1.29, 1.82) is 0 Å². The molecular weight excluding hydrogens is 356 g/mol. The summed E-state index contributed by atoms with van der Waals surface area (Å²) < 4.78 is 5.17. The van der Waals surface area contributed by atoms with Crippen molar-refractivity contribution < 1.29 is 9.53 Å². The number of rotatable bonds is 6. The number of carbonyl (C=O) groups excluding carboxylic acids is 1. The van der Waals surface area contributed by atoms with Crippen LogP contribution >= 0.6 is 0 Å². The van der Waals surface area contributed by atoms with E-state index in [0.29, 0.717) is 18.7 Å². The Hall–Kier alpha value is -3.16. The molecule has 2 N–H and O–H groups in total. The molecule has 8 nitrogen and oxygen atoms in total. The Labute approximate surface area is 163 Å². The lowest BCUT2D eigenvalue weighted by Crippen LogP contribution is -2.43. The van der Waals surface area contributed by atoms with Crippen molar-refractivity contribution in [3.8, 4) is 5.75 Å². The number of aromatic amines is 1. The van der Waals surface area contributed by atoms with Crippen molar-refractivity contribution in [1.82, 2.24) is 25.3 Å². The average Bonchev–Trinajstić information content (AvgIpc) is 3.23. The fraction of sp³-hybridized carbons (Fsp3) is 0.400. The number of fused-ring (bicyclic) bond motifs is 1. The third kappa shape index (κ3) is 3.90. The van der Waals surface area contributed by atoms with Gasteiger partial charge < -0.3 is 19.9 Å². The molecule has 146 valence electrons. The van der Waals surface area contributed by atoms with Gasteiger partial charge in [-0.1, -0.05) is 12.1 Å². The Morgan fingerprint density at radius 3 is 2.96 bits per heavy atom. The van der Waals surface area contributed by atoms with Crippen molar-refractivity contribution >= 4 is 22.9 Å². The molecule has 0 spiro atoms. The lowest BCUT2D eigenvalue weighted by atomic mass is 9.97. The smallest absolute Gasteiger partial charge is 0.224 e. The Morgan fingerprint density at radius 1 is 1.29 bits per heavy atom. The molecule has 0 bridgehead atoms. The normalized spacial score (nSPS) is 16.9. The van der Waals surface area contributed by atoms with Crippen LogP contribution in [0.1, 0.15) is 18.4 Å². The molecule has 28 heavy (non-hydrogen) atoms. The van der Waals surface area contributed by atoms with E-state index in [1.807, 2.05) is 24.3 Å².